The highest BCUT2D eigenvalue weighted by Gasteiger charge is 2.20. The van der Waals surface area contributed by atoms with Crippen LogP contribution >= 0.6 is 23.4 Å². The molecule has 0 spiro atoms. The van der Waals surface area contributed by atoms with Crippen LogP contribution in [0.5, 0.6) is 17.2 Å². The molecule has 2 aromatic carbocycles. The molecule has 8 nitrogen and oxygen atoms in total. The number of nitrogens with zero attached hydrogens (tertiary/aromatic N) is 3. The predicted octanol–water partition coefficient (Wildman–Crippen LogP) is 5.41. The van der Waals surface area contributed by atoms with E-state index < -0.39 is 0 Å². The second-order valence-corrected chi connectivity index (χ2v) is 8.88. The number of Topliss-reactive ketones (excluding diaryl/α,β-unsaturated/α-hetero) is 1. The van der Waals surface area contributed by atoms with Crippen LogP contribution in [0.25, 0.3) is 5.69 Å². The number of hydrogen-bond acceptors (Lipinski definition) is 8. The fourth-order valence-corrected chi connectivity index (χ4v) is 4.58. The fourth-order valence-electron chi connectivity index (χ4n) is 3.73. The van der Waals surface area contributed by atoms with E-state index in [1.807, 2.05) is 54.8 Å². The molecule has 4 aromatic rings. The zero-order valence-corrected chi connectivity index (χ0v) is 20.0. The molecule has 0 saturated heterocycles. The lowest BCUT2D eigenvalue weighted by Crippen LogP contribution is -2.05. The third-order valence-corrected chi connectivity index (χ3v) is 6.44. The summed E-state index contributed by atoms with van der Waals surface area (Å²) in [6.45, 7) is 4.19. The first-order valence-electron chi connectivity index (χ1n) is 10.4. The molecule has 0 atom stereocenters. The summed E-state index contributed by atoms with van der Waals surface area (Å²) in [4.78, 5) is 13.0. The molecule has 0 saturated carbocycles. The van der Waals surface area contributed by atoms with Crippen LogP contribution in [-0.2, 0) is 6.61 Å². The van der Waals surface area contributed by atoms with E-state index in [4.69, 9.17) is 30.2 Å². The van der Waals surface area contributed by atoms with Crippen LogP contribution < -0.4 is 14.2 Å². The Balaban J connectivity index is 1.23. The summed E-state index contributed by atoms with van der Waals surface area (Å²) in [7, 11) is 0. The number of aryl methyl sites for hydroxylation is 1. The molecule has 1 aliphatic rings. The largest absolute Gasteiger partial charge is 0.482 e. The number of aromatic nitrogens is 3. The van der Waals surface area contributed by atoms with E-state index in [1.165, 1.54) is 11.8 Å². The lowest BCUT2D eigenvalue weighted by atomic mass is 10.2. The number of carbonyl (C=O) groups is 1. The van der Waals surface area contributed by atoms with Crippen LogP contribution in [0.4, 0.5) is 0 Å². The highest BCUT2D eigenvalue weighted by molar-refractivity contribution is 7.99. The predicted molar refractivity (Wildman–Crippen MR) is 127 cm³/mol. The van der Waals surface area contributed by atoms with Gasteiger partial charge in [-0.15, -0.1) is 10.2 Å². The van der Waals surface area contributed by atoms with Gasteiger partial charge in [0.15, 0.2) is 23.9 Å². The summed E-state index contributed by atoms with van der Waals surface area (Å²) in [5.74, 6) is 2.38. The number of hydrogen-bond donors (Lipinski definition) is 0. The normalized spacial score (nSPS) is 12.2. The second-order valence-electron chi connectivity index (χ2n) is 7.55. The summed E-state index contributed by atoms with van der Waals surface area (Å²) in [6.07, 6.45) is 0. The number of rotatable bonds is 8. The minimum Gasteiger partial charge on any atom is -0.482 e. The number of para-hydroxylation sites is 1. The lowest BCUT2D eigenvalue weighted by molar-refractivity contribution is 0.102. The van der Waals surface area contributed by atoms with Crippen LogP contribution in [0.3, 0.4) is 0 Å². The second kappa shape index (κ2) is 9.44. The molecule has 0 bridgehead atoms. The van der Waals surface area contributed by atoms with Crippen molar-refractivity contribution < 1.29 is 23.4 Å². The van der Waals surface area contributed by atoms with Gasteiger partial charge in [-0.2, -0.15) is 0 Å². The first-order valence-corrected chi connectivity index (χ1v) is 11.8. The van der Waals surface area contributed by atoms with Crippen molar-refractivity contribution in [2.24, 2.45) is 0 Å². The van der Waals surface area contributed by atoms with Crippen LogP contribution in [-0.4, -0.2) is 33.1 Å². The molecule has 0 fully saturated rings. The van der Waals surface area contributed by atoms with Crippen molar-refractivity contribution in [1.29, 1.82) is 0 Å². The van der Waals surface area contributed by atoms with Crippen molar-refractivity contribution in [3.63, 3.8) is 0 Å². The maximum atomic E-state index is 13.0. The Kier molecular flexibility index (Phi) is 6.21. The standard InChI is InChI=1S/C24H20ClN3O5S/c1-14-9-17(15(2)28(14)16-7-8-21-22(10-16)32-13-31-21)19(29)12-34-24-27-26-23(33-24)11-30-20-6-4-3-5-18(20)25/h3-10H,11-13H2,1-2H3. The number of ketones is 1. The van der Waals surface area contributed by atoms with Crippen LogP contribution in [0.15, 0.2) is 58.2 Å². The Bertz CT molecular complexity index is 1370. The Morgan fingerprint density at radius 1 is 1.12 bits per heavy atom. The molecular weight excluding hydrogens is 478 g/mol. The van der Waals surface area contributed by atoms with Gasteiger partial charge in [-0.3, -0.25) is 4.79 Å². The molecule has 174 valence electrons. The van der Waals surface area contributed by atoms with Gasteiger partial charge in [-0.1, -0.05) is 35.5 Å². The Labute approximate surface area is 204 Å². The number of thioether (sulfide) groups is 1. The van der Waals surface area contributed by atoms with E-state index in [-0.39, 0.29) is 24.9 Å². The number of carbonyl (C=O) groups excluding carboxylic acids is 1. The average Bonchev–Trinajstić information content (AvgIpc) is 3.55. The maximum Gasteiger partial charge on any atom is 0.277 e. The third-order valence-electron chi connectivity index (χ3n) is 5.31. The van der Waals surface area contributed by atoms with Crippen molar-refractivity contribution in [2.45, 2.75) is 25.7 Å². The first-order chi connectivity index (χ1) is 16.5. The average molecular weight is 498 g/mol. The van der Waals surface area contributed by atoms with E-state index in [2.05, 4.69) is 10.2 Å². The molecule has 34 heavy (non-hydrogen) atoms. The molecule has 2 aromatic heterocycles. The van der Waals surface area contributed by atoms with Gasteiger partial charge in [-0.05, 0) is 44.2 Å². The van der Waals surface area contributed by atoms with E-state index in [1.54, 1.807) is 12.1 Å². The molecule has 0 unspecified atom stereocenters. The monoisotopic (exact) mass is 497 g/mol. The zero-order chi connectivity index (χ0) is 23.7. The Morgan fingerprint density at radius 2 is 1.94 bits per heavy atom. The summed E-state index contributed by atoms with van der Waals surface area (Å²) in [6, 6.07) is 14.8. The van der Waals surface area contributed by atoms with Gasteiger partial charge in [0.2, 0.25) is 6.79 Å². The molecule has 0 radical (unpaired) electrons. The SMILES string of the molecule is Cc1cc(C(=O)CSc2nnc(COc3ccccc3Cl)o2)c(C)n1-c1ccc2c(c1)OCO2. The number of ether oxygens (including phenoxy) is 3. The van der Waals surface area contributed by atoms with Crippen molar-refractivity contribution in [1.82, 2.24) is 14.8 Å². The molecule has 10 heteroatoms. The van der Waals surface area contributed by atoms with Gasteiger partial charge in [0.25, 0.3) is 11.1 Å². The van der Waals surface area contributed by atoms with Crippen molar-refractivity contribution in [2.75, 3.05) is 12.5 Å². The highest BCUT2D eigenvalue weighted by atomic mass is 35.5. The minimum atomic E-state index is -0.0304. The summed E-state index contributed by atoms with van der Waals surface area (Å²) >= 11 is 7.27. The van der Waals surface area contributed by atoms with Gasteiger partial charge in [0.05, 0.1) is 10.8 Å². The van der Waals surface area contributed by atoms with Gasteiger partial charge >= 0.3 is 0 Å². The number of benzene rings is 2. The molecule has 5 rings (SSSR count). The van der Waals surface area contributed by atoms with Crippen molar-refractivity contribution >= 4 is 29.1 Å². The van der Waals surface area contributed by atoms with Crippen molar-refractivity contribution in [3.05, 3.63) is 76.4 Å². The Hall–Kier alpha value is -3.43. The molecule has 0 aliphatic carbocycles. The molecular formula is C24H20ClN3O5S. The quantitative estimate of drug-likeness (QED) is 0.236. The maximum absolute atomic E-state index is 13.0. The van der Waals surface area contributed by atoms with Gasteiger partial charge in [0.1, 0.15) is 5.75 Å². The van der Waals surface area contributed by atoms with E-state index in [9.17, 15) is 4.79 Å². The summed E-state index contributed by atoms with van der Waals surface area (Å²) in [5.41, 5.74) is 3.35. The van der Waals surface area contributed by atoms with Crippen LogP contribution in [0.1, 0.15) is 27.6 Å². The topological polar surface area (TPSA) is 88.6 Å². The lowest BCUT2D eigenvalue weighted by Gasteiger charge is -2.10. The summed E-state index contributed by atoms with van der Waals surface area (Å²) < 4.78 is 24.1. The van der Waals surface area contributed by atoms with E-state index in [0.717, 1.165) is 22.8 Å². The van der Waals surface area contributed by atoms with E-state index in [0.29, 0.717) is 33.2 Å². The van der Waals surface area contributed by atoms with Crippen LogP contribution in [0.2, 0.25) is 5.02 Å². The minimum absolute atomic E-state index is 0.0304. The molecule has 0 amide bonds. The van der Waals surface area contributed by atoms with Gasteiger partial charge in [0, 0.05) is 28.7 Å². The van der Waals surface area contributed by atoms with Crippen LogP contribution in [0, 0.1) is 13.8 Å². The first kappa shape index (κ1) is 22.4. The zero-order valence-electron chi connectivity index (χ0n) is 18.4. The molecule has 1 aliphatic heterocycles. The highest BCUT2D eigenvalue weighted by Crippen LogP contribution is 2.35. The molecule has 0 N–H and O–H groups in total. The number of halogens is 1. The Morgan fingerprint density at radius 3 is 2.79 bits per heavy atom. The fraction of sp³-hybridized carbons (Fsp3) is 0.208. The smallest absolute Gasteiger partial charge is 0.277 e. The van der Waals surface area contributed by atoms with Gasteiger partial charge < -0.3 is 23.2 Å². The van der Waals surface area contributed by atoms with Gasteiger partial charge in [-0.25, -0.2) is 0 Å². The molecule has 3 heterocycles. The summed E-state index contributed by atoms with van der Waals surface area (Å²) in [5, 5.41) is 8.77. The van der Waals surface area contributed by atoms with Crippen molar-refractivity contribution in [3.8, 4) is 22.9 Å². The third kappa shape index (κ3) is 4.49. The number of fused-ring (bicyclic) bond motifs is 1. The van der Waals surface area contributed by atoms with E-state index >= 15 is 0 Å².